The van der Waals surface area contributed by atoms with Gasteiger partial charge in [0.15, 0.2) is 0 Å². The van der Waals surface area contributed by atoms with Crippen molar-refractivity contribution in [1.29, 1.82) is 0 Å². The molecule has 0 spiro atoms. The predicted octanol–water partition coefficient (Wildman–Crippen LogP) is 3.58. The standard InChI is InChI=1S/C13H14IN3O/c1-8(2)11-12(15)16-7-17-13(11)18-10-5-3-4-9(14)6-10/h3-8H,1-2H3,(H2,15,16,17). The lowest BCUT2D eigenvalue weighted by molar-refractivity contribution is 0.451. The van der Waals surface area contributed by atoms with Crippen LogP contribution in [-0.2, 0) is 0 Å². The summed E-state index contributed by atoms with van der Waals surface area (Å²) in [4.78, 5) is 8.18. The van der Waals surface area contributed by atoms with E-state index in [0.29, 0.717) is 11.7 Å². The minimum absolute atomic E-state index is 0.212. The van der Waals surface area contributed by atoms with Crippen LogP contribution in [0.1, 0.15) is 25.3 Å². The van der Waals surface area contributed by atoms with Gasteiger partial charge >= 0.3 is 0 Å². The summed E-state index contributed by atoms with van der Waals surface area (Å²) in [5, 5.41) is 0. The molecule has 5 heteroatoms. The lowest BCUT2D eigenvalue weighted by Crippen LogP contribution is -2.04. The minimum atomic E-state index is 0.212. The molecule has 2 rings (SSSR count). The third-order valence-corrected chi connectivity index (χ3v) is 3.14. The Kier molecular flexibility index (Phi) is 4.00. The van der Waals surface area contributed by atoms with Gasteiger partial charge in [-0.15, -0.1) is 0 Å². The van der Waals surface area contributed by atoms with Crippen molar-refractivity contribution in [3.8, 4) is 11.6 Å². The Balaban J connectivity index is 2.37. The Morgan fingerprint density at radius 1 is 1.28 bits per heavy atom. The molecule has 0 saturated carbocycles. The van der Waals surface area contributed by atoms with E-state index in [9.17, 15) is 0 Å². The number of nitrogen functional groups attached to an aromatic ring is 1. The van der Waals surface area contributed by atoms with Gasteiger partial charge in [0.05, 0.1) is 5.56 Å². The molecule has 1 aromatic heterocycles. The summed E-state index contributed by atoms with van der Waals surface area (Å²) < 4.78 is 6.91. The molecule has 0 bridgehead atoms. The second kappa shape index (κ2) is 5.51. The number of rotatable bonds is 3. The van der Waals surface area contributed by atoms with Gasteiger partial charge in [0, 0.05) is 3.57 Å². The number of nitrogens with zero attached hydrogens (tertiary/aromatic N) is 2. The molecule has 0 saturated heterocycles. The first-order valence-corrected chi connectivity index (χ1v) is 6.69. The van der Waals surface area contributed by atoms with Crippen LogP contribution in [-0.4, -0.2) is 9.97 Å². The average molecular weight is 355 g/mol. The minimum Gasteiger partial charge on any atom is -0.438 e. The smallest absolute Gasteiger partial charge is 0.227 e. The van der Waals surface area contributed by atoms with Crippen molar-refractivity contribution < 1.29 is 4.74 Å². The highest BCUT2D eigenvalue weighted by Gasteiger charge is 2.14. The van der Waals surface area contributed by atoms with Gasteiger partial charge < -0.3 is 10.5 Å². The quantitative estimate of drug-likeness (QED) is 0.855. The van der Waals surface area contributed by atoms with Gasteiger partial charge in [0.25, 0.3) is 0 Å². The molecule has 0 amide bonds. The zero-order chi connectivity index (χ0) is 13.1. The number of aromatic nitrogens is 2. The first kappa shape index (κ1) is 13.1. The molecular formula is C13H14IN3O. The van der Waals surface area contributed by atoms with Gasteiger partial charge in [0.2, 0.25) is 5.88 Å². The van der Waals surface area contributed by atoms with Crippen LogP contribution in [0.25, 0.3) is 0 Å². The average Bonchev–Trinajstić information content (AvgIpc) is 2.28. The van der Waals surface area contributed by atoms with Crippen molar-refractivity contribution in [1.82, 2.24) is 9.97 Å². The molecule has 94 valence electrons. The van der Waals surface area contributed by atoms with Crippen molar-refractivity contribution in [2.24, 2.45) is 0 Å². The maximum Gasteiger partial charge on any atom is 0.227 e. The van der Waals surface area contributed by atoms with E-state index in [2.05, 4.69) is 32.6 Å². The molecule has 4 nitrogen and oxygen atoms in total. The Bertz CT molecular complexity index is 558. The molecule has 0 aliphatic carbocycles. The monoisotopic (exact) mass is 355 g/mol. The van der Waals surface area contributed by atoms with Crippen LogP contribution in [0, 0.1) is 3.57 Å². The highest BCUT2D eigenvalue weighted by Crippen LogP contribution is 2.31. The lowest BCUT2D eigenvalue weighted by Gasteiger charge is -2.13. The second-order valence-electron chi connectivity index (χ2n) is 4.19. The van der Waals surface area contributed by atoms with Gasteiger partial charge in [0.1, 0.15) is 17.9 Å². The van der Waals surface area contributed by atoms with Crippen LogP contribution in [0.2, 0.25) is 0 Å². The normalized spacial score (nSPS) is 10.7. The lowest BCUT2D eigenvalue weighted by atomic mass is 10.1. The van der Waals surface area contributed by atoms with Crippen molar-refractivity contribution in [3.63, 3.8) is 0 Å². The fraction of sp³-hybridized carbons (Fsp3) is 0.231. The molecule has 0 fully saturated rings. The molecule has 0 atom stereocenters. The number of halogens is 1. The number of ether oxygens (including phenoxy) is 1. The van der Waals surface area contributed by atoms with E-state index in [4.69, 9.17) is 10.5 Å². The van der Waals surface area contributed by atoms with E-state index in [0.717, 1.165) is 14.9 Å². The molecule has 0 aliphatic heterocycles. The van der Waals surface area contributed by atoms with E-state index >= 15 is 0 Å². The molecule has 2 N–H and O–H groups in total. The zero-order valence-electron chi connectivity index (χ0n) is 10.2. The Hall–Kier alpha value is -1.37. The summed E-state index contributed by atoms with van der Waals surface area (Å²) in [5.41, 5.74) is 6.72. The Morgan fingerprint density at radius 2 is 2.06 bits per heavy atom. The summed E-state index contributed by atoms with van der Waals surface area (Å²) >= 11 is 2.24. The van der Waals surface area contributed by atoms with Crippen LogP contribution in [0.3, 0.4) is 0 Å². The second-order valence-corrected chi connectivity index (χ2v) is 5.44. The molecule has 1 heterocycles. The zero-order valence-corrected chi connectivity index (χ0v) is 12.4. The van der Waals surface area contributed by atoms with Gasteiger partial charge in [-0.3, -0.25) is 0 Å². The maximum absolute atomic E-state index is 5.87. The Labute approximate surface area is 120 Å². The molecule has 0 aliphatic rings. The number of hydrogen-bond acceptors (Lipinski definition) is 4. The number of benzene rings is 1. The topological polar surface area (TPSA) is 61.0 Å². The van der Waals surface area contributed by atoms with Gasteiger partial charge in [-0.25, -0.2) is 9.97 Å². The summed E-state index contributed by atoms with van der Waals surface area (Å²) in [5.74, 6) is 1.96. The summed E-state index contributed by atoms with van der Waals surface area (Å²) in [7, 11) is 0. The molecule has 0 unspecified atom stereocenters. The van der Waals surface area contributed by atoms with Crippen LogP contribution < -0.4 is 10.5 Å². The summed E-state index contributed by atoms with van der Waals surface area (Å²) in [6.45, 7) is 4.08. The highest BCUT2D eigenvalue weighted by atomic mass is 127. The number of hydrogen-bond donors (Lipinski definition) is 1. The highest BCUT2D eigenvalue weighted by molar-refractivity contribution is 14.1. The van der Waals surface area contributed by atoms with Crippen molar-refractivity contribution in [2.45, 2.75) is 19.8 Å². The SMILES string of the molecule is CC(C)c1c(N)ncnc1Oc1cccc(I)c1. The number of nitrogens with two attached hydrogens (primary N) is 1. The van der Waals surface area contributed by atoms with E-state index in [1.807, 2.05) is 38.1 Å². The van der Waals surface area contributed by atoms with E-state index in [-0.39, 0.29) is 5.92 Å². The summed E-state index contributed by atoms with van der Waals surface area (Å²) in [6.07, 6.45) is 1.42. The fourth-order valence-electron chi connectivity index (χ4n) is 1.66. The Morgan fingerprint density at radius 3 is 2.72 bits per heavy atom. The van der Waals surface area contributed by atoms with Crippen LogP contribution >= 0.6 is 22.6 Å². The fourth-order valence-corrected chi connectivity index (χ4v) is 2.17. The van der Waals surface area contributed by atoms with E-state index < -0.39 is 0 Å². The van der Waals surface area contributed by atoms with Gasteiger partial charge in [-0.05, 0) is 46.7 Å². The molecule has 18 heavy (non-hydrogen) atoms. The van der Waals surface area contributed by atoms with Crippen LogP contribution in [0.15, 0.2) is 30.6 Å². The molecule has 1 aromatic carbocycles. The first-order valence-electron chi connectivity index (χ1n) is 5.61. The summed E-state index contributed by atoms with van der Waals surface area (Å²) in [6, 6.07) is 7.79. The molecule has 0 radical (unpaired) electrons. The van der Waals surface area contributed by atoms with Crippen molar-refractivity contribution >= 4 is 28.4 Å². The predicted molar refractivity (Wildman–Crippen MR) is 79.8 cm³/mol. The van der Waals surface area contributed by atoms with Gasteiger partial charge in [-0.2, -0.15) is 0 Å². The molecule has 2 aromatic rings. The number of anilines is 1. The van der Waals surface area contributed by atoms with Crippen LogP contribution in [0.5, 0.6) is 11.6 Å². The maximum atomic E-state index is 5.87. The molecular weight excluding hydrogens is 341 g/mol. The van der Waals surface area contributed by atoms with Crippen molar-refractivity contribution in [3.05, 3.63) is 39.7 Å². The van der Waals surface area contributed by atoms with Crippen LogP contribution in [0.4, 0.5) is 5.82 Å². The largest absolute Gasteiger partial charge is 0.438 e. The third kappa shape index (κ3) is 2.90. The van der Waals surface area contributed by atoms with Crippen molar-refractivity contribution in [2.75, 3.05) is 5.73 Å². The third-order valence-electron chi connectivity index (χ3n) is 2.47. The van der Waals surface area contributed by atoms with E-state index in [1.165, 1.54) is 6.33 Å². The first-order chi connectivity index (χ1) is 8.58. The van der Waals surface area contributed by atoms with E-state index in [1.54, 1.807) is 0 Å². The van der Waals surface area contributed by atoms with Gasteiger partial charge in [-0.1, -0.05) is 19.9 Å².